The summed E-state index contributed by atoms with van der Waals surface area (Å²) in [5.74, 6) is -1.26. The van der Waals surface area contributed by atoms with Crippen LogP contribution in [0.5, 0.6) is 0 Å². The molecule has 112 valence electrons. The Balaban J connectivity index is 1.95. The van der Waals surface area contributed by atoms with Crippen molar-refractivity contribution in [1.82, 2.24) is 9.88 Å². The Morgan fingerprint density at radius 3 is 2.52 bits per heavy atom. The maximum atomic E-state index is 11.0. The van der Waals surface area contributed by atoms with Crippen molar-refractivity contribution in [2.45, 2.75) is 32.9 Å². The fourth-order valence-corrected chi connectivity index (χ4v) is 2.78. The van der Waals surface area contributed by atoms with Crippen LogP contribution in [-0.4, -0.2) is 28.0 Å². The Morgan fingerprint density at radius 1 is 1.33 bits per heavy atom. The summed E-state index contributed by atoms with van der Waals surface area (Å²) < 4.78 is 0. The lowest BCUT2D eigenvalue weighted by molar-refractivity contribution is -0.138. The summed E-state index contributed by atoms with van der Waals surface area (Å²) in [6, 6.07) is 7.79. The van der Waals surface area contributed by atoms with E-state index in [-0.39, 0.29) is 0 Å². The molecule has 4 nitrogen and oxygen atoms in total. The molecular formula is C16H20N2O2S. The minimum Gasteiger partial charge on any atom is -0.481 e. The van der Waals surface area contributed by atoms with Crippen LogP contribution in [0.4, 0.5) is 0 Å². The third-order valence-electron chi connectivity index (χ3n) is 3.40. The third-order valence-corrected chi connectivity index (χ3v) is 4.22. The van der Waals surface area contributed by atoms with Crippen LogP contribution in [0.1, 0.15) is 34.7 Å². The van der Waals surface area contributed by atoms with Gasteiger partial charge in [-0.3, -0.25) is 9.69 Å². The minimum absolute atomic E-state index is 0.463. The highest BCUT2D eigenvalue weighted by molar-refractivity contribution is 7.09. The molecular weight excluding hydrogens is 284 g/mol. The maximum absolute atomic E-state index is 11.0. The number of nitrogens with zero attached hydrogens (tertiary/aromatic N) is 2. The number of aliphatic carboxylic acids is 1. The fraction of sp³-hybridized carbons (Fsp3) is 0.375. The first-order chi connectivity index (χ1) is 9.95. The quantitative estimate of drug-likeness (QED) is 0.890. The van der Waals surface area contributed by atoms with Crippen LogP contribution in [-0.2, 0) is 17.9 Å². The van der Waals surface area contributed by atoms with Crippen molar-refractivity contribution >= 4 is 17.3 Å². The van der Waals surface area contributed by atoms with Crippen LogP contribution in [0.2, 0.25) is 0 Å². The molecule has 0 aliphatic rings. The van der Waals surface area contributed by atoms with E-state index in [2.05, 4.69) is 22.3 Å². The van der Waals surface area contributed by atoms with Gasteiger partial charge in [0, 0.05) is 18.5 Å². The summed E-state index contributed by atoms with van der Waals surface area (Å²) in [6.07, 6.45) is 0. The number of thiazole rings is 1. The number of hydrogen-bond acceptors (Lipinski definition) is 4. The molecule has 0 fully saturated rings. The molecule has 1 N–H and O–H groups in total. The van der Waals surface area contributed by atoms with Crippen LogP contribution < -0.4 is 0 Å². The van der Waals surface area contributed by atoms with Crippen molar-refractivity contribution in [3.8, 4) is 0 Å². The van der Waals surface area contributed by atoms with E-state index in [4.69, 9.17) is 5.11 Å². The molecule has 0 spiro atoms. The van der Waals surface area contributed by atoms with Crippen LogP contribution in [0.25, 0.3) is 0 Å². The van der Waals surface area contributed by atoms with Crippen LogP contribution in [0.3, 0.4) is 0 Å². The van der Waals surface area contributed by atoms with E-state index >= 15 is 0 Å². The summed E-state index contributed by atoms with van der Waals surface area (Å²) in [5.41, 5.74) is 3.10. The van der Waals surface area contributed by atoms with Crippen molar-refractivity contribution < 1.29 is 9.90 Å². The highest BCUT2D eigenvalue weighted by atomic mass is 32.1. The van der Waals surface area contributed by atoms with Gasteiger partial charge in [-0.2, -0.15) is 0 Å². The van der Waals surface area contributed by atoms with Gasteiger partial charge in [-0.05, 0) is 32.0 Å². The fourth-order valence-electron chi connectivity index (χ4n) is 2.18. The largest absolute Gasteiger partial charge is 0.481 e. The van der Waals surface area contributed by atoms with Crippen LogP contribution >= 0.6 is 11.3 Å². The lowest BCUT2D eigenvalue weighted by Crippen LogP contribution is -2.17. The van der Waals surface area contributed by atoms with Crippen LogP contribution in [0.15, 0.2) is 29.6 Å². The molecule has 1 unspecified atom stereocenters. The van der Waals surface area contributed by atoms with Crippen molar-refractivity contribution in [3.05, 3.63) is 51.5 Å². The molecule has 1 atom stereocenters. The van der Waals surface area contributed by atoms with Gasteiger partial charge in [-0.25, -0.2) is 4.98 Å². The van der Waals surface area contributed by atoms with Gasteiger partial charge >= 0.3 is 5.97 Å². The first kappa shape index (κ1) is 15.7. The van der Waals surface area contributed by atoms with E-state index in [1.54, 1.807) is 18.3 Å². The number of aryl methyl sites for hydroxylation is 1. The summed E-state index contributed by atoms with van der Waals surface area (Å²) in [7, 11) is 2.06. The molecule has 1 aromatic carbocycles. The van der Waals surface area contributed by atoms with Gasteiger partial charge in [0.15, 0.2) is 0 Å². The normalized spacial score (nSPS) is 12.6. The van der Waals surface area contributed by atoms with Gasteiger partial charge in [0.2, 0.25) is 0 Å². The second-order valence-electron chi connectivity index (χ2n) is 5.33. The highest BCUT2D eigenvalue weighted by Gasteiger charge is 2.13. The average molecular weight is 304 g/mol. The Kier molecular flexibility index (Phi) is 5.09. The van der Waals surface area contributed by atoms with E-state index < -0.39 is 11.9 Å². The highest BCUT2D eigenvalue weighted by Crippen LogP contribution is 2.17. The topological polar surface area (TPSA) is 53.4 Å². The molecule has 1 aromatic heterocycles. The second kappa shape index (κ2) is 6.83. The summed E-state index contributed by atoms with van der Waals surface area (Å²) in [4.78, 5) is 17.6. The van der Waals surface area contributed by atoms with E-state index in [0.29, 0.717) is 0 Å². The summed E-state index contributed by atoms with van der Waals surface area (Å²) in [6.45, 7) is 5.35. The Labute approximate surface area is 129 Å². The molecule has 0 bridgehead atoms. The lowest BCUT2D eigenvalue weighted by atomic mass is 10.00. The van der Waals surface area contributed by atoms with Gasteiger partial charge in [0.25, 0.3) is 0 Å². The second-order valence-corrected chi connectivity index (χ2v) is 6.39. The van der Waals surface area contributed by atoms with Gasteiger partial charge in [-0.15, -0.1) is 11.3 Å². The number of benzene rings is 1. The summed E-state index contributed by atoms with van der Waals surface area (Å²) >= 11 is 1.67. The van der Waals surface area contributed by atoms with Gasteiger partial charge in [0.1, 0.15) is 0 Å². The SMILES string of the molecule is Cc1nc(CN(C)Cc2ccc(C(C)C(=O)O)cc2)cs1. The number of aromatic nitrogens is 1. The molecule has 0 aliphatic heterocycles. The molecule has 0 saturated heterocycles. The van der Waals surface area contributed by atoms with Gasteiger partial charge in [-0.1, -0.05) is 24.3 Å². The zero-order valence-electron chi connectivity index (χ0n) is 12.5. The number of carbonyl (C=O) groups is 1. The van der Waals surface area contributed by atoms with Crippen molar-refractivity contribution in [2.75, 3.05) is 7.05 Å². The monoisotopic (exact) mass is 304 g/mol. The number of hydrogen-bond donors (Lipinski definition) is 1. The molecule has 0 saturated carbocycles. The zero-order chi connectivity index (χ0) is 15.4. The minimum atomic E-state index is -0.793. The van der Waals surface area contributed by atoms with E-state index in [1.165, 1.54) is 5.56 Å². The number of carboxylic acids is 1. The van der Waals surface area contributed by atoms with Gasteiger partial charge < -0.3 is 5.11 Å². The third kappa shape index (κ3) is 4.37. The number of carboxylic acid groups (broad SMARTS) is 1. The molecule has 0 radical (unpaired) electrons. The molecule has 1 heterocycles. The first-order valence-electron chi connectivity index (χ1n) is 6.87. The smallest absolute Gasteiger partial charge is 0.310 e. The Hall–Kier alpha value is -1.72. The summed E-state index contributed by atoms with van der Waals surface area (Å²) in [5, 5.41) is 12.2. The predicted molar refractivity (Wildman–Crippen MR) is 84.5 cm³/mol. The molecule has 5 heteroatoms. The molecule has 0 aliphatic carbocycles. The molecule has 21 heavy (non-hydrogen) atoms. The average Bonchev–Trinajstić information content (AvgIpc) is 2.83. The van der Waals surface area contributed by atoms with Crippen molar-refractivity contribution in [2.24, 2.45) is 0 Å². The Morgan fingerprint density at radius 2 is 2.00 bits per heavy atom. The molecule has 2 aromatic rings. The number of rotatable bonds is 6. The zero-order valence-corrected chi connectivity index (χ0v) is 13.4. The van der Waals surface area contributed by atoms with E-state index in [9.17, 15) is 4.79 Å². The van der Waals surface area contributed by atoms with Crippen molar-refractivity contribution in [3.63, 3.8) is 0 Å². The van der Waals surface area contributed by atoms with Gasteiger partial charge in [0.05, 0.1) is 16.6 Å². The first-order valence-corrected chi connectivity index (χ1v) is 7.75. The van der Waals surface area contributed by atoms with Crippen LogP contribution in [0, 0.1) is 6.92 Å². The van der Waals surface area contributed by atoms with E-state index in [1.807, 2.05) is 31.2 Å². The molecule has 2 rings (SSSR count). The van der Waals surface area contributed by atoms with E-state index in [0.717, 1.165) is 29.4 Å². The lowest BCUT2D eigenvalue weighted by Gasteiger charge is -2.16. The maximum Gasteiger partial charge on any atom is 0.310 e. The standard InChI is InChI=1S/C16H20N2O2S/c1-11(16(19)20)14-6-4-13(5-7-14)8-18(3)9-15-10-21-12(2)17-15/h4-7,10-11H,8-9H2,1-3H3,(H,19,20). The predicted octanol–water partition coefficient (Wildman–Crippen LogP) is 3.27. The van der Waals surface area contributed by atoms with Crippen molar-refractivity contribution in [1.29, 1.82) is 0 Å². The molecule has 0 amide bonds. The Bertz CT molecular complexity index is 607.